The molecule has 1 aliphatic rings. The molecule has 0 aromatic heterocycles. The number of carbonyl (C=O) groups is 3. The predicted molar refractivity (Wildman–Crippen MR) is 124 cm³/mol. The molecule has 1 aliphatic heterocycles. The van der Waals surface area contributed by atoms with E-state index in [9.17, 15) is 19.5 Å². The van der Waals surface area contributed by atoms with Crippen LogP contribution in [0.25, 0.3) is 0 Å². The zero-order valence-corrected chi connectivity index (χ0v) is 20.9. The Hall–Kier alpha value is -1.89. The van der Waals surface area contributed by atoms with Crippen LogP contribution in [0.4, 0.5) is 0 Å². The molecule has 0 saturated carbocycles. The van der Waals surface area contributed by atoms with E-state index in [-0.39, 0.29) is 35.4 Å². The number of carbonyl (C=O) groups excluding carboxylic acids is 2. The standard InChI is InChI=1S/C24H43N3O4/c1-10-17-11-12-18(26(8)14-17)21(28)25-20(24(5,6)7)22(29)27(9)19(15(2)3)13-16(4)23(30)31/h13,15,17-20H,10-12,14H2,1-9H3,(H,25,28)(H,30,31)/b16-13+/t17-,18-,19+,20+/m0/s1. The molecule has 0 spiro atoms. The number of likely N-dealkylation sites (N-methyl/N-ethyl adjacent to an activating group) is 2. The molecular weight excluding hydrogens is 394 g/mol. The third-order valence-corrected chi connectivity index (χ3v) is 6.44. The van der Waals surface area contributed by atoms with Crippen molar-refractivity contribution in [2.75, 3.05) is 20.6 Å². The van der Waals surface area contributed by atoms with Crippen molar-refractivity contribution >= 4 is 17.8 Å². The van der Waals surface area contributed by atoms with Gasteiger partial charge in [0.1, 0.15) is 6.04 Å². The van der Waals surface area contributed by atoms with Crippen LogP contribution in [0.3, 0.4) is 0 Å². The van der Waals surface area contributed by atoms with E-state index in [4.69, 9.17) is 0 Å². The summed E-state index contributed by atoms with van der Waals surface area (Å²) in [6.45, 7) is 14.3. The molecule has 2 N–H and O–H groups in total. The zero-order chi connectivity index (χ0) is 24.1. The molecule has 0 radical (unpaired) electrons. The maximum Gasteiger partial charge on any atom is 0.331 e. The minimum atomic E-state index is -1.00. The molecule has 1 fully saturated rings. The molecule has 4 atom stereocenters. The van der Waals surface area contributed by atoms with Crippen molar-refractivity contribution in [1.82, 2.24) is 15.1 Å². The lowest BCUT2D eigenvalue weighted by molar-refractivity contribution is -0.141. The minimum Gasteiger partial charge on any atom is -0.478 e. The SMILES string of the molecule is CC[C@H]1CC[C@@H](C(=O)N[C@H](C(=O)N(C)[C@H](/C=C(\C)C(=O)O)C(C)C)C(C)(C)C)N(C)C1. The smallest absolute Gasteiger partial charge is 0.331 e. The molecule has 0 aliphatic carbocycles. The van der Waals surface area contributed by atoms with Crippen LogP contribution < -0.4 is 5.32 Å². The highest BCUT2D eigenvalue weighted by Gasteiger charge is 2.39. The monoisotopic (exact) mass is 437 g/mol. The van der Waals surface area contributed by atoms with E-state index < -0.39 is 17.4 Å². The second-order valence-corrected chi connectivity index (χ2v) is 10.5. The van der Waals surface area contributed by atoms with Crippen LogP contribution in [-0.2, 0) is 14.4 Å². The Balaban J connectivity index is 3.08. The summed E-state index contributed by atoms with van der Waals surface area (Å²) >= 11 is 0. The molecule has 0 unspecified atom stereocenters. The molecule has 0 bridgehead atoms. The average molecular weight is 438 g/mol. The number of amides is 2. The second-order valence-electron chi connectivity index (χ2n) is 10.5. The maximum atomic E-state index is 13.5. The van der Waals surface area contributed by atoms with Gasteiger partial charge in [0.05, 0.1) is 12.1 Å². The average Bonchev–Trinajstić information content (AvgIpc) is 2.67. The molecule has 7 heteroatoms. The van der Waals surface area contributed by atoms with Gasteiger partial charge >= 0.3 is 5.97 Å². The molecule has 0 aromatic carbocycles. The van der Waals surface area contributed by atoms with E-state index in [0.29, 0.717) is 5.92 Å². The van der Waals surface area contributed by atoms with E-state index in [1.807, 2.05) is 41.7 Å². The Morgan fingerprint density at radius 1 is 1.23 bits per heavy atom. The van der Waals surface area contributed by atoms with Crippen molar-refractivity contribution in [2.24, 2.45) is 17.3 Å². The van der Waals surface area contributed by atoms with Crippen LogP contribution in [0.5, 0.6) is 0 Å². The minimum absolute atomic E-state index is 0.0232. The summed E-state index contributed by atoms with van der Waals surface area (Å²) < 4.78 is 0. The maximum absolute atomic E-state index is 13.5. The summed E-state index contributed by atoms with van der Waals surface area (Å²) in [6.07, 6.45) is 4.53. The van der Waals surface area contributed by atoms with Crippen LogP contribution in [0, 0.1) is 17.3 Å². The van der Waals surface area contributed by atoms with E-state index in [2.05, 4.69) is 17.1 Å². The van der Waals surface area contributed by atoms with E-state index in [0.717, 1.165) is 25.8 Å². The highest BCUT2D eigenvalue weighted by Crippen LogP contribution is 2.26. The first kappa shape index (κ1) is 27.1. The Kier molecular flexibility index (Phi) is 9.73. The van der Waals surface area contributed by atoms with Gasteiger partial charge in [-0.3, -0.25) is 14.5 Å². The van der Waals surface area contributed by atoms with Crippen molar-refractivity contribution in [3.63, 3.8) is 0 Å². The number of hydrogen-bond donors (Lipinski definition) is 2. The summed E-state index contributed by atoms with van der Waals surface area (Å²) in [5, 5.41) is 12.3. The van der Waals surface area contributed by atoms with Crippen LogP contribution >= 0.6 is 0 Å². The third-order valence-electron chi connectivity index (χ3n) is 6.44. The predicted octanol–water partition coefficient (Wildman–Crippen LogP) is 3.15. The number of likely N-dealkylation sites (tertiary alicyclic amines) is 1. The van der Waals surface area contributed by atoms with Crippen LogP contribution in [0.2, 0.25) is 0 Å². The summed E-state index contributed by atoms with van der Waals surface area (Å²) in [7, 11) is 3.66. The first-order valence-electron chi connectivity index (χ1n) is 11.4. The van der Waals surface area contributed by atoms with Gasteiger partial charge in [0.25, 0.3) is 0 Å². The third kappa shape index (κ3) is 7.34. The first-order valence-corrected chi connectivity index (χ1v) is 11.4. The van der Waals surface area contributed by atoms with Gasteiger partial charge in [-0.05, 0) is 44.1 Å². The molecule has 31 heavy (non-hydrogen) atoms. The number of rotatable bonds is 8. The Labute approximate surface area is 188 Å². The highest BCUT2D eigenvalue weighted by molar-refractivity contribution is 5.91. The number of aliphatic carboxylic acids is 1. The zero-order valence-electron chi connectivity index (χ0n) is 20.9. The summed E-state index contributed by atoms with van der Waals surface area (Å²) in [6, 6.07) is -1.32. The quantitative estimate of drug-likeness (QED) is 0.570. The fourth-order valence-electron chi connectivity index (χ4n) is 4.22. The number of hydrogen-bond acceptors (Lipinski definition) is 4. The number of nitrogens with one attached hydrogen (secondary N) is 1. The molecular formula is C24H43N3O4. The van der Waals surface area contributed by atoms with Crippen LogP contribution in [-0.4, -0.2) is 71.5 Å². The van der Waals surface area contributed by atoms with Crippen molar-refractivity contribution in [2.45, 2.75) is 85.9 Å². The van der Waals surface area contributed by atoms with E-state index >= 15 is 0 Å². The van der Waals surface area contributed by atoms with Gasteiger partial charge < -0.3 is 15.3 Å². The molecule has 178 valence electrons. The van der Waals surface area contributed by atoms with Crippen LogP contribution in [0.1, 0.15) is 67.7 Å². The van der Waals surface area contributed by atoms with Gasteiger partial charge in [-0.15, -0.1) is 0 Å². The largest absolute Gasteiger partial charge is 0.478 e. The van der Waals surface area contributed by atoms with E-state index in [1.165, 1.54) is 6.92 Å². The molecule has 7 nitrogen and oxygen atoms in total. The fraction of sp³-hybridized carbons (Fsp3) is 0.792. The lowest BCUT2D eigenvalue weighted by Crippen LogP contribution is -2.60. The molecule has 1 saturated heterocycles. The van der Waals surface area contributed by atoms with Crippen molar-refractivity contribution in [3.05, 3.63) is 11.6 Å². The fourth-order valence-corrected chi connectivity index (χ4v) is 4.22. The molecule has 1 heterocycles. The summed E-state index contributed by atoms with van der Waals surface area (Å²) in [5.74, 6) is -0.694. The summed E-state index contributed by atoms with van der Waals surface area (Å²) in [5.41, 5.74) is -0.295. The van der Waals surface area contributed by atoms with E-state index in [1.54, 1.807) is 18.0 Å². The Bertz CT molecular complexity index is 681. The van der Waals surface area contributed by atoms with Gasteiger partial charge in [-0.1, -0.05) is 54.0 Å². The number of carboxylic acids is 1. The molecule has 0 aromatic rings. The van der Waals surface area contributed by atoms with Crippen molar-refractivity contribution in [1.29, 1.82) is 0 Å². The lowest BCUT2D eigenvalue weighted by atomic mass is 9.84. The number of nitrogens with zero attached hydrogens (tertiary/aromatic N) is 2. The summed E-state index contributed by atoms with van der Waals surface area (Å²) in [4.78, 5) is 41.6. The van der Waals surface area contributed by atoms with Gasteiger partial charge in [-0.25, -0.2) is 4.79 Å². The molecule has 2 amide bonds. The number of piperidine rings is 1. The second kappa shape index (κ2) is 11.1. The first-order chi connectivity index (χ1) is 14.2. The van der Waals surface area contributed by atoms with Gasteiger partial charge in [0, 0.05) is 19.2 Å². The normalized spacial score (nSPS) is 22.7. The number of carboxylic acid groups (broad SMARTS) is 1. The highest BCUT2D eigenvalue weighted by atomic mass is 16.4. The van der Waals surface area contributed by atoms with Crippen LogP contribution in [0.15, 0.2) is 11.6 Å². The Morgan fingerprint density at radius 2 is 1.81 bits per heavy atom. The Morgan fingerprint density at radius 3 is 2.23 bits per heavy atom. The van der Waals surface area contributed by atoms with Gasteiger partial charge in [0.15, 0.2) is 0 Å². The van der Waals surface area contributed by atoms with Gasteiger partial charge in [-0.2, -0.15) is 0 Å². The molecule has 1 rings (SSSR count). The lowest BCUT2D eigenvalue weighted by Gasteiger charge is -2.40. The van der Waals surface area contributed by atoms with Crippen molar-refractivity contribution in [3.8, 4) is 0 Å². The van der Waals surface area contributed by atoms with Crippen molar-refractivity contribution < 1.29 is 19.5 Å². The topological polar surface area (TPSA) is 90.0 Å². The van der Waals surface area contributed by atoms with Gasteiger partial charge in [0.2, 0.25) is 11.8 Å².